The predicted molar refractivity (Wildman–Crippen MR) is 210 cm³/mol. The Kier molecular flexibility index (Phi) is 6.49. The summed E-state index contributed by atoms with van der Waals surface area (Å²) in [5.74, 6) is 0. The van der Waals surface area contributed by atoms with E-state index in [9.17, 15) is 0 Å². The van der Waals surface area contributed by atoms with Gasteiger partial charge < -0.3 is 9.47 Å². The Morgan fingerprint density at radius 2 is 1.08 bits per heavy atom. The van der Waals surface area contributed by atoms with Crippen molar-refractivity contribution in [3.05, 3.63) is 188 Å². The highest BCUT2D eigenvalue weighted by molar-refractivity contribution is 6.27. The molecule has 0 atom stereocenters. The summed E-state index contributed by atoms with van der Waals surface area (Å²) < 4.78 is 2.46. The molecule has 3 nitrogen and oxygen atoms in total. The van der Waals surface area contributed by atoms with E-state index < -0.39 is 0 Å². The minimum Gasteiger partial charge on any atom is -0.309 e. The van der Waals surface area contributed by atoms with Gasteiger partial charge in [-0.05, 0) is 87.6 Å². The molecule has 0 N–H and O–H groups in total. The van der Waals surface area contributed by atoms with Crippen LogP contribution in [0.15, 0.2) is 188 Å². The molecule has 0 saturated heterocycles. The summed E-state index contributed by atoms with van der Waals surface area (Å²) in [6, 6.07) is 63.6. The maximum atomic E-state index is 4.56. The number of hydrogen-bond donors (Lipinski definition) is 0. The van der Waals surface area contributed by atoms with E-state index in [1.165, 1.54) is 65.6 Å². The smallest absolute Gasteiger partial charge is 0.0645 e. The van der Waals surface area contributed by atoms with Gasteiger partial charge >= 0.3 is 0 Å². The van der Waals surface area contributed by atoms with E-state index in [2.05, 4.69) is 184 Å². The highest BCUT2D eigenvalue weighted by Gasteiger charge is 2.23. The van der Waals surface area contributed by atoms with Crippen LogP contribution in [0.25, 0.3) is 71.3 Å². The average Bonchev–Trinajstić information content (AvgIpc) is 3.54. The summed E-state index contributed by atoms with van der Waals surface area (Å²) in [7, 11) is 0. The highest BCUT2D eigenvalue weighted by Crippen LogP contribution is 2.47. The Morgan fingerprint density at radius 3 is 1.84 bits per heavy atom. The highest BCUT2D eigenvalue weighted by atomic mass is 15.2. The van der Waals surface area contributed by atoms with Crippen molar-refractivity contribution in [2.24, 2.45) is 0 Å². The molecule has 50 heavy (non-hydrogen) atoms. The minimum atomic E-state index is 1.02. The van der Waals surface area contributed by atoms with Gasteiger partial charge in [0.2, 0.25) is 0 Å². The van der Waals surface area contributed by atoms with Gasteiger partial charge in [-0.2, -0.15) is 0 Å². The summed E-state index contributed by atoms with van der Waals surface area (Å²) in [6.45, 7) is 0. The van der Waals surface area contributed by atoms with Crippen LogP contribution in [0.5, 0.6) is 0 Å². The monoisotopic (exact) mass is 637 g/mol. The molecule has 0 aliphatic rings. The second-order valence-electron chi connectivity index (χ2n) is 12.8. The Labute approximate surface area is 290 Å². The topological polar surface area (TPSA) is 21.1 Å². The number of fused-ring (bicyclic) bond motifs is 1. The maximum absolute atomic E-state index is 4.56. The summed E-state index contributed by atoms with van der Waals surface area (Å²) in [4.78, 5) is 6.93. The molecule has 0 amide bonds. The number of nitrogens with zero attached hydrogens (tertiary/aromatic N) is 3. The molecule has 10 rings (SSSR count). The van der Waals surface area contributed by atoms with Gasteiger partial charge in [-0.25, -0.2) is 0 Å². The maximum Gasteiger partial charge on any atom is 0.0645 e. The van der Waals surface area contributed by atoms with Gasteiger partial charge in [0.05, 0.1) is 34.3 Å². The van der Waals surface area contributed by atoms with Crippen molar-refractivity contribution in [2.75, 3.05) is 4.90 Å². The zero-order valence-electron chi connectivity index (χ0n) is 27.2. The second-order valence-corrected chi connectivity index (χ2v) is 12.8. The van der Waals surface area contributed by atoms with E-state index in [1.54, 1.807) is 0 Å². The van der Waals surface area contributed by atoms with Gasteiger partial charge in [-0.3, -0.25) is 4.98 Å². The van der Waals surface area contributed by atoms with Crippen LogP contribution in [-0.4, -0.2) is 9.55 Å². The van der Waals surface area contributed by atoms with Crippen molar-refractivity contribution < 1.29 is 0 Å². The summed E-state index contributed by atoms with van der Waals surface area (Å²) in [6.07, 6.45) is 3.80. The van der Waals surface area contributed by atoms with Gasteiger partial charge in [0.15, 0.2) is 0 Å². The molecule has 0 bridgehead atoms. The zero-order chi connectivity index (χ0) is 33.0. The zero-order valence-corrected chi connectivity index (χ0v) is 27.2. The fourth-order valence-corrected chi connectivity index (χ4v) is 7.78. The number of anilines is 3. The molecule has 2 heterocycles. The third-order valence-electron chi connectivity index (χ3n) is 9.98. The largest absolute Gasteiger partial charge is 0.309 e. The van der Waals surface area contributed by atoms with E-state index in [0.29, 0.717) is 0 Å². The van der Waals surface area contributed by atoms with E-state index in [0.717, 1.165) is 22.7 Å². The Morgan fingerprint density at radius 1 is 0.420 bits per heavy atom. The normalized spacial score (nSPS) is 11.6. The first-order valence-electron chi connectivity index (χ1n) is 17.0. The van der Waals surface area contributed by atoms with E-state index in [1.807, 2.05) is 18.5 Å². The molecule has 3 heteroatoms. The van der Waals surface area contributed by atoms with Crippen LogP contribution in [0.1, 0.15) is 0 Å². The van der Waals surface area contributed by atoms with Crippen LogP contribution in [0.4, 0.5) is 17.1 Å². The first kappa shape index (κ1) is 28.3. The average molecular weight is 638 g/mol. The lowest BCUT2D eigenvalue weighted by Gasteiger charge is -2.28. The SMILES string of the molecule is c1ccc(-c2cc(-c3ccccc3)cc(-n3c4cccc5ccc6c(N(c7cccnc7)c7cccc8ccccc78)ccc3c6c54)c2)cc1. The lowest BCUT2D eigenvalue weighted by molar-refractivity contribution is 1.18. The third kappa shape index (κ3) is 4.48. The lowest BCUT2D eigenvalue weighted by atomic mass is 9.98. The standard InChI is InChI=1S/C47H31N3/c1-3-12-32(13-4-1)36-28-37(33-14-5-2-6-15-33)30-39(29-36)50-44-22-10-18-35-23-24-41-43(25-26-45(50)47(41)46(35)44)49(38-19-11-27-48-31-38)42-21-9-17-34-16-7-8-20-40(34)42/h1-31H. The number of pyridine rings is 1. The quantitative estimate of drug-likeness (QED) is 0.169. The Balaban J connectivity index is 1.27. The van der Waals surface area contributed by atoms with Crippen molar-refractivity contribution in [1.82, 2.24) is 9.55 Å². The molecule has 0 radical (unpaired) electrons. The molecule has 8 aromatic carbocycles. The second kappa shape index (κ2) is 11.5. The fourth-order valence-electron chi connectivity index (χ4n) is 7.78. The molecule has 0 spiro atoms. The molecule has 0 aliphatic carbocycles. The Bertz CT molecular complexity index is 2740. The number of hydrogen-bond acceptors (Lipinski definition) is 2. The summed E-state index contributed by atoms with van der Waals surface area (Å²) in [5.41, 5.74) is 11.6. The lowest BCUT2D eigenvalue weighted by Crippen LogP contribution is -2.11. The Hall–Kier alpha value is -6.71. The van der Waals surface area contributed by atoms with Crippen LogP contribution >= 0.6 is 0 Å². The van der Waals surface area contributed by atoms with Gasteiger partial charge in [0.25, 0.3) is 0 Å². The molecule has 10 aromatic rings. The molecule has 0 fully saturated rings. The third-order valence-corrected chi connectivity index (χ3v) is 9.98. The van der Waals surface area contributed by atoms with E-state index in [-0.39, 0.29) is 0 Å². The van der Waals surface area contributed by atoms with Gasteiger partial charge in [-0.1, -0.05) is 121 Å². The molecule has 234 valence electrons. The first-order valence-corrected chi connectivity index (χ1v) is 17.0. The van der Waals surface area contributed by atoms with E-state index >= 15 is 0 Å². The predicted octanol–water partition coefficient (Wildman–Crippen LogP) is 12.7. The molecular weight excluding hydrogens is 607 g/mol. The molecule has 0 saturated carbocycles. The fraction of sp³-hybridized carbons (Fsp3) is 0. The number of benzene rings is 8. The van der Waals surface area contributed by atoms with Crippen LogP contribution < -0.4 is 4.90 Å². The van der Waals surface area contributed by atoms with Gasteiger partial charge in [-0.15, -0.1) is 0 Å². The summed E-state index contributed by atoms with van der Waals surface area (Å²) >= 11 is 0. The van der Waals surface area contributed by atoms with E-state index in [4.69, 9.17) is 0 Å². The van der Waals surface area contributed by atoms with Crippen molar-refractivity contribution >= 4 is 60.4 Å². The number of rotatable bonds is 6. The van der Waals surface area contributed by atoms with Crippen LogP contribution in [0.3, 0.4) is 0 Å². The van der Waals surface area contributed by atoms with Crippen molar-refractivity contribution in [2.45, 2.75) is 0 Å². The van der Waals surface area contributed by atoms with Crippen molar-refractivity contribution in [3.8, 4) is 27.9 Å². The first-order chi connectivity index (χ1) is 24.8. The van der Waals surface area contributed by atoms with Crippen molar-refractivity contribution in [1.29, 1.82) is 0 Å². The molecule has 0 aliphatic heterocycles. The number of aromatic nitrogens is 2. The van der Waals surface area contributed by atoms with Crippen molar-refractivity contribution in [3.63, 3.8) is 0 Å². The van der Waals surface area contributed by atoms with Gasteiger partial charge in [0.1, 0.15) is 0 Å². The van der Waals surface area contributed by atoms with Crippen LogP contribution in [0.2, 0.25) is 0 Å². The molecule has 0 unspecified atom stereocenters. The molecule has 2 aromatic heterocycles. The summed E-state index contributed by atoms with van der Waals surface area (Å²) in [5, 5.41) is 7.37. The van der Waals surface area contributed by atoms with Crippen LogP contribution in [-0.2, 0) is 0 Å². The minimum absolute atomic E-state index is 1.02. The van der Waals surface area contributed by atoms with Gasteiger partial charge in [0, 0.05) is 33.4 Å². The molecular formula is C47H31N3. The van der Waals surface area contributed by atoms with Crippen LogP contribution in [0, 0.1) is 0 Å².